The molecule has 2 heteroatoms. The molecule has 10 rings (SSSR count). The van der Waals surface area contributed by atoms with Gasteiger partial charge in [-0.05, 0) is 74.8 Å². The normalized spacial score (nSPS) is 13.0. The van der Waals surface area contributed by atoms with Crippen molar-refractivity contribution >= 4 is 21.9 Å². The summed E-state index contributed by atoms with van der Waals surface area (Å²) in [6.07, 6.45) is 0. The highest BCUT2D eigenvalue weighted by atomic mass is 16.3. The summed E-state index contributed by atoms with van der Waals surface area (Å²) in [5, 5.41) is 2.23. The maximum absolute atomic E-state index is 6.82. The third-order valence-electron chi connectivity index (χ3n) is 10.3. The van der Waals surface area contributed by atoms with Crippen LogP contribution < -0.4 is 0 Å². The molecule has 234 valence electrons. The van der Waals surface area contributed by atoms with Crippen LogP contribution in [0, 0.1) is 0 Å². The summed E-state index contributed by atoms with van der Waals surface area (Å²) in [4.78, 5) is 5.15. The van der Waals surface area contributed by atoms with E-state index in [1.165, 1.54) is 33.4 Å². The lowest BCUT2D eigenvalue weighted by Crippen LogP contribution is -2.28. The van der Waals surface area contributed by atoms with Crippen LogP contribution in [0.15, 0.2) is 192 Å². The van der Waals surface area contributed by atoms with Crippen molar-refractivity contribution in [1.82, 2.24) is 4.98 Å². The van der Waals surface area contributed by atoms with Gasteiger partial charge in [-0.1, -0.05) is 158 Å². The standard InChI is InChI=1S/C48H31NO/c1-5-16-32(17-6-1)43-28-34(29-44(49-43)33-18-7-2-8-19-33)37-25-15-27-45-47(37)40-30-39-38-24-13-14-26-41(38)48(35-20-9-3-10-21-35,36-22-11-4-12-23-36)42(39)31-46(40)50-45/h1-31H. The van der Waals surface area contributed by atoms with Crippen LogP contribution in [0.25, 0.3) is 66.7 Å². The van der Waals surface area contributed by atoms with E-state index < -0.39 is 5.41 Å². The van der Waals surface area contributed by atoms with Gasteiger partial charge in [-0.2, -0.15) is 0 Å². The third-order valence-corrected chi connectivity index (χ3v) is 10.3. The fourth-order valence-corrected chi connectivity index (χ4v) is 8.20. The van der Waals surface area contributed by atoms with Gasteiger partial charge >= 0.3 is 0 Å². The molecule has 0 spiro atoms. The summed E-state index contributed by atoms with van der Waals surface area (Å²) in [6, 6.07) is 67.1. The lowest BCUT2D eigenvalue weighted by atomic mass is 9.67. The van der Waals surface area contributed by atoms with Gasteiger partial charge in [0.15, 0.2) is 0 Å². The predicted molar refractivity (Wildman–Crippen MR) is 205 cm³/mol. The molecule has 9 aromatic rings. The van der Waals surface area contributed by atoms with Crippen molar-refractivity contribution in [3.63, 3.8) is 0 Å². The van der Waals surface area contributed by atoms with Gasteiger partial charge in [0.2, 0.25) is 0 Å². The third kappa shape index (κ3) is 4.25. The number of fused-ring (bicyclic) bond motifs is 6. The number of furan rings is 1. The maximum Gasteiger partial charge on any atom is 0.136 e. The number of benzene rings is 7. The first-order valence-electron chi connectivity index (χ1n) is 17.1. The molecule has 7 aromatic carbocycles. The Morgan fingerprint density at radius 2 is 0.920 bits per heavy atom. The van der Waals surface area contributed by atoms with E-state index in [9.17, 15) is 0 Å². The molecule has 0 fully saturated rings. The molecule has 0 unspecified atom stereocenters. The molecule has 2 heterocycles. The Morgan fingerprint density at radius 1 is 0.380 bits per heavy atom. The summed E-state index contributed by atoms with van der Waals surface area (Å²) >= 11 is 0. The van der Waals surface area contributed by atoms with Crippen LogP contribution in [0.3, 0.4) is 0 Å². The van der Waals surface area contributed by atoms with Crippen molar-refractivity contribution in [2.75, 3.05) is 0 Å². The van der Waals surface area contributed by atoms with Gasteiger partial charge in [0, 0.05) is 21.9 Å². The molecular weight excluding hydrogens is 607 g/mol. The van der Waals surface area contributed by atoms with Crippen LogP contribution >= 0.6 is 0 Å². The molecule has 0 saturated carbocycles. The van der Waals surface area contributed by atoms with E-state index in [0.29, 0.717) is 0 Å². The molecule has 1 aliphatic rings. The fraction of sp³-hybridized carbons (Fsp3) is 0.0208. The Labute approximate surface area is 291 Å². The quantitative estimate of drug-likeness (QED) is 0.188. The summed E-state index contributed by atoms with van der Waals surface area (Å²) in [7, 11) is 0. The van der Waals surface area contributed by atoms with Crippen molar-refractivity contribution in [3.05, 3.63) is 210 Å². The Bertz CT molecular complexity index is 2580. The number of hydrogen-bond donors (Lipinski definition) is 0. The molecule has 50 heavy (non-hydrogen) atoms. The molecule has 2 aromatic heterocycles. The monoisotopic (exact) mass is 637 g/mol. The predicted octanol–water partition coefficient (Wildman–Crippen LogP) is 12.3. The average molecular weight is 638 g/mol. The lowest BCUT2D eigenvalue weighted by molar-refractivity contribution is 0.666. The van der Waals surface area contributed by atoms with Crippen molar-refractivity contribution in [1.29, 1.82) is 0 Å². The highest BCUT2D eigenvalue weighted by Gasteiger charge is 2.46. The number of pyridine rings is 1. The smallest absolute Gasteiger partial charge is 0.136 e. The van der Waals surface area contributed by atoms with Gasteiger partial charge in [0.1, 0.15) is 11.2 Å². The number of rotatable bonds is 5. The second kappa shape index (κ2) is 11.3. The van der Waals surface area contributed by atoms with Crippen molar-refractivity contribution in [3.8, 4) is 44.8 Å². The molecule has 0 saturated heterocycles. The van der Waals surface area contributed by atoms with E-state index in [0.717, 1.165) is 55.6 Å². The van der Waals surface area contributed by atoms with Gasteiger partial charge in [-0.3, -0.25) is 0 Å². The van der Waals surface area contributed by atoms with Gasteiger partial charge in [0.25, 0.3) is 0 Å². The second-order valence-corrected chi connectivity index (χ2v) is 13.1. The van der Waals surface area contributed by atoms with Crippen molar-refractivity contribution < 1.29 is 4.42 Å². The highest BCUT2D eigenvalue weighted by Crippen LogP contribution is 2.57. The Balaban J connectivity index is 1.26. The SMILES string of the molecule is c1ccc(-c2cc(-c3cccc4oc5cc6c(cc5c34)-c3ccccc3C6(c3ccccc3)c3ccccc3)cc(-c3ccccc3)n2)cc1. The van der Waals surface area contributed by atoms with Crippen LogP contribution in [-0.2, 0) is 5.41 Å². The Kier molecular flexibility index (Phi) is 6.43. The Hall–Kier alpha value is -6.51. The Morgan fingerprint density at radius 3 is 1.54 bits per heavy atom. The molecule has 0 radical (unpaired) electrons. The van der Waals surface area contributed by atoms with Gasteiger partial charge in [-0.15, -0.1) is 0 Å². The topological polar surface area (TPSA) is 26.0 Å². The van der Waals surface area contributed by atoms with E-state index in [-0.39, 0.29) is 0 Å². The van der Waals surface area contributed by atoms with E-state index in [1.54, 1.807) is 0 Å². The molecule has 1 aliphatic carbocycles. The first kappa shape index (κ1) is 28.5. The average Bonchev–Trinajstić information content (AvgIpc) is 3.71. The molecule has 0 amide bonds. The first-order valence-corrected chi connectivity index (χ1v) is 17.1. The zero-order chi connectivity index (χ0) is 33.1. The molecule has 0 atom stereocenters. The zero-order valence-electron chi connectivity index (χ0n) is 27.3. The molecular formula is C48H31NO. The van der Waals surface area contributed by atoms with Crippen LogP contribution in [0.2, 0.25) is 0 Å². The van der Waals surface area contributed by atoms with Gasteiger partial charge in [-0.25, -0.2) is 4.98 Å². The van der Waals surface area contributed by atoms with E-state index >= 15 is 0 Å². The van der Waals surface area contributed by atoms with E-state index in [1.807, 2.05) is 12.1 Å². The minimum Gasteiger partial charge on any atom is -0.456 e. The summed E-state index contributed by atoms with van der Waals surface area (Å²) in [6.45, 7) is 0. The molecule has 2 nitrogen and oxygen atoms in total. The number of nitrogens with zero attached hydrogens (tertiary/aromatic N) is 1. The number of hydrogen-bond acceptors (Lipinski definition) is 2. The number of aromatic nitrogens is 1. The lowest BCUT2D eigenvalue weighted by Gasteiger charge is -2.33. The largest absolute Gasteiger partial charge is 0.456 e. The van der Waals surface area contributed by atoms with Crippen LogP contribution in [0.1, 0.15) is 22.3 Å². The van der Waals surface area contributed by atoms with Crippen LogP contribution in [0.5, 0.6) is 0 Å². The minimum atomic E-state index is -0.481. The summed E-state index contributed by atoms with van der Waals surface area (Å²) < 4.78 is 6.82. The fourth-order valence-electron chi connectivity index (χ4n) is 8.20. The minimum absolute atomic E-state index is 0.481. The van der Waals surface area contributed by atoms with Gasteiger partial charge < -0.3 is 4.42 Å². The zero-order valence-corrected chi connectivity index (χ0v) is 27.3. The van der Waals surface area contributed by atoms with Gasteiger partial charge in [0.05, 0.1) is 16.8 Å². The van der Waals surface area contributed by atoms with Crippen LogP contribution in [0.4, 0.5) is 0 Å². The first-order chi connectivity index (χ1) is 24.8. The highest BCUT2D eigenvalue weighted by molar-refractivity contribution is 6.14. The molecule has 0 bridgehead atoms. The van der Waals surface area contributed by atoms with Crippen LogP contribution in [-0.4, -0.2) is 4.98 Å². The van der Waals surface area contributed by atoms with E-state index in [2.05, 4.69) is 176 Å². The molecule has 0 aliphatic heterocycles. The van der Waals surface area contributed by atoms with Crippen molar-refractivity contribution in [2.24, 2.45) is 0 Å². The summed E-state index contributed by atoms with van der Waals surface area (Å²) in [5.74, 6) is 0. The van der Waals surface area contributed by atoms with E-state index in [4.69, 9.17) is 9.40 Å². The maximum atomic E-state index is 6.82. The van der Waals surface area contributed by atoms with Crippen molar-refractivity contribution in [2.45, 2.75) is 5.41 Å². The molecule has 0 N–H and O–H groups in total. The summed E-state index contributed by atoms with van der Waals surface area (Å²) in [5.41, 5.74) is 15.1. The second-order valence-electron chi connectivity index (χ2n) is 13.1.